The number of cyclic esters (lactones) is 1. The zero-order valence-electron chi connectivity index (χ0n) is 20.3. The van der Waals surface area contributed by atoms with Crippen LogP contribution in [0.15, 0.2) is 36.0 Å². The molecule has 0 aliphatic carbocycles. The Morgan fingerprint density at radius 2 is 1.88 bits per heavy atom. The van der Waals surface area contributed by atoms with Crippen LogP contribution < -0.4 is 5.32 Å². The number of hydrogen-bond acceptors (Lipinski definition) is 7. The van der Waals surface area contributed by atoms with E-state index in [1.54, 1.807) is 33.1 Å². The highest BCUT2D eigenvalue weighted by atomic mass is 16.5. The number of piperidine rings is 1. The van der Waals surface area contributed by atoms with Crippen molar-refractivity contribution < 1.29 is 33.8 Å². The monoisotopic (exact) mass is 475 g/mol. The summed E-state index contributed by atoms with van der Waals surface area (Å²) in [6, 6.07) is 0. The van der Waals surface area contributed by atoms with Crippen molar-refractivity contribution in [2.45, 2.75) is 83.5 Å². The molecule has 1 saturated heterocycles. The van der Waals surface area contributed by atoms with Crippen LogP contribution in [0, 0.1) is 11.8 Å². The average Bonchev–Trinajstić information content (AvgIpc) is 2.78. The summed E-state index contributed by atoms with van der Waals surface area (Å²) in [4.78, 5) is 48.4. The molecule has 0 saturated carbocycles. The van der Waals surface area contributed by atoms with E-state index in [9.17, 15) is 24.3 Å². The zero-order valence-corrected chi connectivity index (χ0v) is 20.3. The second kappa shape index (κ2) is 14.0. The third kappa shape index (κ3) is 8.99. The fraction of sp³-hybridized carbons (Fsp3) is 0.615. The quantitative estimate of drug-likeness (QED) is 0.330. The SMILES string of the molecule is CO[C@H]1/C=C/CC/C=C/C(=O)OC([C@H](C)C(=O)CCCC2CC(=O)NC(=O)C2)/C(C)=C\C[C@@H]1O. The van der Waals surface area contributed by atoms with Crippen molar-refractivity contribution in [1.29, 1.82) is 0 Å². The second-order valence-corrected chi connectivity index (χ2v) is 9.11. The Kier molecular flexibility index (Phi) is 11.4. The van der Waals surface area contributed by atoms with Crippen molar-refractivity contribution in [3.05, 3.63) is 36.0 Å². The third-order valence-electron chi connectivity index (χ3n) is 6.33. The molecule has 8 nitrogen and oxygen atoms in total. The van der Waals surface area contributed by atoms with Gasteiger partial charge in [-0.25, -0.2) is 4.79 Å². The summed E-state index contributed by atoms with van der Waals surface area (Å²) in [6.07, 6.45) is 10.3. The summed E-state index contributed by atoms with van der Waals surface area (Å²) < 4.78 is 11.0. The smallest absolute Gasteiger partial charge is 0.331 e. The van der Waals surface area contributed by atoms with Gasteiger partial charge in [-0.15, -0.1) is 0 Å². The first-order valence-corrected chi connectivity index (χ1v) is 12.0. The van der Waals surface area contributed by atoms with Crippen LogP contribution in [0.5, 0.6) is 0 Å². The molecule has 2 N–H and O–H groups in total. The fourth-order valence-electron chi connectivity index (χ4n) is 4.30. The van der Waals surface area contributed by atoms with Gasteiger partial charge in [0.05, 0.1) is 12.0 Å². The minimum Gasteiger partial charge on any atom is -0.454 e. The van der Waals surface area contributed by atoms with E-state index in [4.69, 9.17) is 9.47 Å². The van der Waals surface area contributed by atoms with Gasteiger partial charge in [0.2, 0.25) is 11.8 Å². The summed E-state index contributed by atoms with van der Waals surface area (Å²) in [5.41, 5.74) is 0.687. The highest BCUT2D eigenvalue weighted by Crippen LogP contribution is 2.24. The Morgan fingerprint density at radius 1 is 1.21 bits per heavy atom. The molecule has 2 amide bonds. The van der Waals surface area contributed by atoms with Crippen molar-refractivity contribution in [2.75, 3.05) is 7.11 Å². The predicted octanol–water partition coefficient (Wildman–Crippen LogP) is 2.95. The lowest BCUT2D eigenvalue weighted by molar-refractivity contribution is -0.145. The molecular weight excluding hydrogens is 438 g/mol. The number of carbonyl (C=O) groups is 4. The minimum atomic E-state index is -0.771. The van der Waals surface area contributed by atoms with Crippen molar-refractivity contribution in [1.82, 2.24) is 5.32 Å². The van der Waals surface area contributed by atoms with Crippen LogP contribution in [-0.4, -0.2) is 54.1 Å². The Bertz CT molecular complexity index is 813. The van der Waals surface area contributed by atoms with Crippen molar-refractivity contribution in [3.8, 4) is 0 Å². The van der Waals surface area contributed by atoms with Gasteiger partial charge in [0.15, 0.2) is 0 Å². The number of methoxy groups -OCH3 is 1. The molecule has 188 valence electrons. The van der Waals surface area contributed by atoms with E-state index in [0.717, 1.165) is 0 Å². The molecule has 0 aromatic rings. The van der Waals surface area contributed by atoms with Gasteiger partial charge < -0.3 is 14.6 Å². The molecule has 0 aromatic heterocycles. The van der Waals surface area contributed by atoms with Gasteiger partial charge in [-0.3, -0.25) is 19.7 Å². The third-order valence-corrected chi connectivity index (χ3v) is 6.33. The number of ketones is 1. The molecular formula is C26H37NO7. The van der Waals surface area contributed by atoms with Crippen LogP contribution in [0.4, 0.5) is 0 Å². The lowest BCUT2D eigenvalue weighted by Crippen LogP contribution is -2.38. The number of aliphatic hydroxyl groups excluding tert-OH is 1. The maximum absolute atomic E-state index is 12.9. The number of amides is 2. The number of hydrogen-bond donors (Lipinski definition) is 2. The highest BCUT2D eigenvalue weighted by molar-refractivity contribution is 5.97. The second-order valence-electron chi connectivity index (χ2n) is 9.11. The Morgan fingerprint density at radius 3 is 2.56 bits per heavy atom. The molecule has 8 heteroatoms. The summed E-state index contributed by atoms with van der Waals surface area (Å²) in [5.74, 6) is -1.73. The molecule has 0 bridgehead atoms. The molecule has 2 rings (SSSR count). The number of carbonyl (C=O) groups excluding carboxylic acids is 4. The molecule has 0 radical (unpaired) electrons. The molecule has 4 atom stereocenters. The van der Waals surface area contributed by atoms with E-state index < -0.39 is 30.2 Å². The fourth-order valence-corrected chi connectivity index (χ4v) is 4.30. The van der Waals surface area contributed by atoms with Crippen LogP contribution in [0.2, 0.25) is 0 Å². The Balaban J connectivity index is 2.05. The molecule has 2 aliphatic rings. The normalized spacial score (nSPS) is 29.7. The van der Waals surface area contributed by atoms with Crippen LogP contribution >= 0.6 is 0 Å². The van der Waals surface area contributed by atoms with E-state index in [-0.39, 0.29) is 36.4 Å². The lowest BCUT2D eigenvalue weighted by Gasteiger charge is -2.25. The van der Waals surface area contributed by atoms with Crippen molar-refractivity contribution in [2.24, 2.45) is 11.8 Å². The first-order valence-electron chi connectivity index (χ1n) is 12.0. The van der Waals surface area contributed by atoms with Crippen LogP contribution in [0.25, 0.3) is 0 Å². The van der Waals surface area contributed by atoms with E-state index in [1.807, 2.05) is 12.2 Å². The van der Waals surface area contributed by atoms with Crippen LogP contribution in [0.3, 0.4) is 0 Å². The maximum atomic E-state index is 12.9. The van der Waals surface area contributed by atoms with Crippen molar-refractivity contribution >= 4 is 23.6 Å². The van der Waals surface area contributed by atoms with Crippen molar-refractivity contribution in [3.63, 3.8) is 0 Å². The van der Waals surface area contributed by atoms with Gasteiger partial charge in [-0.2, -0.15) is 0 Å². The molecule has 2 heterocycles. The minimum absolute atomic E-state index is 0.0485. The van der Waals surface area contributed by atoms with Gasteiger partial charge in [-0.1, -0.05) is 31.2 Å². The number of nitrogens with one attached hydrogen (secondary N) is 1. The van der Waals surface area contributed by atoms with E-state index in [2.05, 4.69) is 5.32 Å². The number of esters is 1. The Labute approximate surface area is 201 Å². The van der Waals surface area contributed by atoms with Gasteiger partial charge in [0, 0.05) is 32.4 Å². The van der Waals surface area contributed by atoms with Crippen LogP contribution in [0.1, 0.15) is 65.2 Å². The first kappa shape index (κ1) is 27.7. The summed E-state index contributed by atoms with van der Waals surface area (Å²) in [5, 5.41) is 12.8. The number of rotatable bonds is 7. The molecule has 2 aliphatic heterocycles. The zero-order chi connectivity index (χ0) is 25.1. The van der Waals surface area contributed by atoms with Gasteiger partial charge >= 0.3 is 5.97 Å². The lowest BCUT2D eigenvalue weighted by atomic mass is 9.87. The number of imide groups is 1. The van der Waals surface area contributed by atoms with Crippen LogP contribution in [-0.2, 0) is 28.7 Å². The number of ether oxygens (including phenoxy) is 2. The van der Waals surface area contributed by atoms with Gasteiger partial charge in [0.1, 0.15) is 18.0 Å². The largest absolute Gasteiger partial charge is 0.454 e. The highest BCUT2D eigenvalue weighted by Gasteiger charge is 2.29. The van der Waals surface area contributed by atoms with Gasteiger partial charge in [-0.05, 0) is 50.5 Å². The van der Waals surface area contributed by atoms with Gasteiger partial charge in [0.25, 0.3) is 0 Å². The molecule has 1 unspecified atom stereocenters. The van der Waals surface area contributed by atoms with E-state index in [0.29, 0.717) is 44.1 Å². The number of aliphatic hydroxyl groups is 1. The summed E-state index contributed by atoms with van der Waals surface area (Å²) in [6.45, 7) is 3.52. The summed E-state index contributed by atoms with van der Waals surface area (Å²) in [7, 11) is 1.54. The average molecular weight is 476 g/mol. The van der Waals surface area contributed by atoms with E-state index >= 15 is 0 Å². The standard InChI is InChI=1S/C26H37NO7/c1-17-13-14-21(29)22(33-3)11-6-4-5-7-12-25(32)34-26(17)18(2)20(28)10-8-9-19-15-23(30)27-24(31)16-19/h6-7,11-13,18-19,21-22,26,29H,4-5,8-10,14-16H2,1-3H3,(H,27,30,31)/b11-6+,12-7+,17-13-/t18-,21+,22+,26?/m1/s1. The number of allylic oxidation sites excluding steroid dienone is 2. The molecule has 34 heavy (non-hydrogen) atoms. The first-order chi connectivity index (χ1) is 16.2. The predicted molar refractivity (Wildman–Crippen MR) is 126 cm³/mol. The Hall–Kier alpha value is -2.58. The molecule has 1 fully saturated rings. The van der Waals surface area contributed by atoms with E-state index in [1.165, 1.54) is 6.08 Å². The number of Topliss-reactive ketones (excluding diaryl/α,β-unsaturated/α-hetero) is 1. The topological polar surface area (TPSA) is 119 Å². The molecule has 0 aromatic carbocycles. The maximum Gasteiger partial charge on any atom is 0.331 e. The summed E-state index contributed by atoms with van der Waals surface area (Å²) >= 11 is 0. The molecule has 0 spiro atoms.